The Kier molecular flexibility index (Phi) is 6.26. The minimum Gasteiger partial charge on any atom is -0.423 e. The maximum Gasteiger partial charge on any atom is 0.336 e. The van der Waals surface area contributed by atoms with Crippen LogP contribution in [-0.2, 0) is 0 Å². The summed E-state index contributed by atoms with van der Waals surface area (Å²) in [5.74, 6) is 0. The standard InChI is InChI=1S/C24H25N3O2S/c1-18-16-23(28)29-22-17-20(9-10-21(18)22)25-24(30)27-14-12-26(13-15-27)11-5-8-19-6-3-2-4-7-19/h2-10,16-17H,11-15H2,1H3,(H,25,30)/b8-5+. The molecule has 0 aliphatic carbocycles. The number of benzene rings is 2. The number of aryl methyl sites for hydroxylation is 1. The number of nitrogens with zero attached hydrogens (tertiary/aromatic N) is 2. The van der Waals surface area contributed by atoms with E-state index < -0.39 is 0 Å². The Balaban J connectivity index is 1.31. The Morgan fingerprint density at radius 2 is 1.87 bits per heavy atom. The summed E-state index contributed by atoms with van der Waals surface area (Å²) in [5.41, 5.74) is 3.20. The van der Waals surface area contributed by atoms with Crippen LogP contribution in [-0.4, -0.2) is 47.6 Å². The Morgan fingerprint density at radius 1 is 1.10 bits per heavy atom. The number of anilines is 1. The average Bonchev–Trinajstić information content (AvgIpc) is 2.74. The third-order valence-corrected chi connectivity index (χ3v) is 5.70. The van der Waals surface area contributed by atoms with Crippen molar-refractivity contribution in [1.82, 2.24) is 9.80 Å². The van der Waals surface area contributed by atoms with E-state index >= 15 is 0 Å². The van der Waals surface area contributed by atoms with Crippen LogP contribution in [0.3, 0.4) is 0 Å². The first-order valence-electron chi connectivity index (χ1n) is 10.1. The zero-order valence-electron chi connectivity index (χ0n) is 17.0. The summed E-state index contributed by atoms with van der Waals surface area (Å²) in [7, 11) is 0. The molecule has 1 N–H and O–H groups in total. The molecule has 4 rings (SSSR count). The predicted molar refractivity (Wildman–Crippen MR) is 127 cm³/mol. The van der Waals surface area contributed by atoms with Crippen molar-refractivity contribution in [1.29, 1.82) is 0 Å². The number of piperazine rings is 1. The van der Waals surface area contributed by atoms with Gasteiger partial charge in [0.25, 0.3) is 0 Å². The summed E-state index contributed by atoms with van der Waals surface area (Å²) in [6.07, 6.45) is 4.38. The van der Waals surface area contributed by atoms with Gasteiger partial charge >= 0.3 is 5.63 Å². The van der Waals surface area contributed by atoms with Gasteiger partial charge < -0.3 is 14.6 Å². The van der Waals surface area contributed by atoms with Crippen molar-refractivity contribution in [2.45, 2.75) is 6.92 Å². The van der Waals surface area contributed by atoms with Crippen molar-refractivity contribution >= 4 is 40.1 Å². The molecule has 0 saturated carbocycles. The Bertz CT molecular complexity index is 1120. The molecule has 6 heteroatoms. The molecule has 0 spiro atoms. The highest BCUT2D eigenvalue weighted by Crippen LogP contribution is 2.21. The first-order chi connectivity index (χ1) is 14.6. The number of fused-ring (bicyclic) bond motifs is 1. The summed E-state index contributed by atoms with van der Waals surface area (Å²) in [4.78, 5) is 16.2. The van der Waals surface area contributed by atoms with E-state index in [-0.39, 0.29) is 5.63 Å². The Morgan fingerprint density at radius 3 is 2.63 bits per heavy atom. The van der Waals surface area contributed by atoms with Crippen LogP contribution in [0.2, 0.25) is 0 Å². The van der Waals surface area contributed by atoms with Gasteiger partial charge in [-0.1, -0.05) is 42.5 Å². The molecule has 0 amide bonds. The molecule has 1 saturated heterocycles. The van der Waals surface area contributed by atoms with E-state index in [2.05, 4.69) is 51.5 Å². The number of hydrogen-bond donors (Lipinski definition) is 1. The second-order valence-corrected chi connectivity index (χ2v) is 7.88. The quantitative estimate of drug-likeness (QED) is 0.507. The lowest BCUT2D eigenvalue weighted by molar-refractivity contribution is 0.200. The average molecular weight is 420 g/mol. The fourth-order valence-corrected chi connectivity index (χ4v) is 3.94. The minimum absolute atomic E-state index is 0.336. The molecule has 1 aliphatic heterocycles. The SMILES string of the molecule is Cc1cc(=O)oc2cc(NC(=S)N3CCN(C/C=C/c4ccccc4)CC3)ccc12. The molecule has 1 fully saturated rings. The molecule has 0 atom stereocenters. The monoisotopic (exact) mass is 419 g/mol. The van der Waals surface area contributed by atoms with Gasteiger partial charge in [-0.05, 0) is 42.4 Å². The largest absolute Gasteiger partial charge is 0.423 e. The van der Waals surface area contributed by atoms with E-state index in [4.69, 9.17) is 16.6 Å². The maximum absolute atomic E-state index is 11.6. The molecule has 154 valence electrons. The van der Waals surface area contributed by atoms with Crippen molar-refractivity contribution in [3.05, 3.63) is 82.2 Å². The highest BCUT2D eigenvalue weighted by atomic mass is 32.1. The molecule has 2 heterocycles. The van der Waals surface area contributed by atoms with Crippen LogP contribution in [0.1, 0.15) is 11.1 Å². The second kappa shape index (κ2) is 9.24. The molecular formula is C24H25N3O2S. The number of nitrogens with one attached hydrogen (secondary N) is 1. The van der Waals surface area contributed by atoms with Crippen LogP contribution < -0.4 is 10.9 Å². The molecule has 1 aliphatic rings. The van der Waals surface area contributed by atoms with E-state index in [0.29, 0.717) is 10.7 Å². The van der Waals surface area contributed by atoms with Crippen LogP contribution in [0.15, 0.2) is 69.9 Å². The van der Waals surface area contributed by atoms with Crippen molar-refractivity contribution < 1.29 is 4.42 Å². The molecule has 0 radical (unpaired) electrons. The Hall–Kier alpha value is -2.96. The second-order valence-electron chi connectivity index (χ2n) is 7.49. The van der Waals surface area contributed by atoms with Gasteiger partial charge in [0.1, 0.15) is 5.58 Å². The topological polar surface area (TPSA) is 48.7 Å². The lowest BCUT2D eigenvalue weighted by Gasteiger charge is -2.35. The maximum atomic E-state index is 11.6. The van der Waals surface area contributed by atoms with E-state index in [1.807, 2.05) is 31.2 Å². The first-order valence-corrected chi connectivity index (χ1v) is 10.5. The highest BCUT2D eigenvalue weighted by molar-refractivity contribution is 7.80. The molecule has 0 bridgehead atoms. The van der Waals surface area contributed by atoms with E-state index in [1.165, 1.54) is 11.6 Å². The van der Waals surface area contributed by atoms with Gasteiger partial charge in [-0.15, -0.1) is 0 Å². The van der Waals surface area contributed by atoms with E-state index in [9.17, 15) is 4.79 Å². The lowest BCUT2D eigenvalue weighted by Crippen LogP contribution is -2.49. The van der Waals surface area contributed by atoms with Gasteiger partial charge in [-0.3, -0.25) is 4.90 Å². The van der Waals surface area contributed by atoms with Crippen LogP contribution in [0.25, 0.3) is 17.0 Å². The summed E-state index contributed by atoms with van der Waals surface area (Å²) >= 11 is 5.61. The highest BCUT2D eigenvalue weighted by Gasteiger charge is 2.18. The smallest absolute Gasteiger partial charge is 0.336 e. The predicted octanol–water partition coefficient (Wildman–Crippen LogP) is 4.13. The van der Waals surface area contributed by atoms with Crippen molar-refractivity contribution in [3.63, 3.8) is 0 Å². The van der Waals surface area contributed by atoms with Crippen molar-refractivity contribution in [2.75, 3.05) is 38.0 Å². The first kappa shape index (κ1) is 20.3. The fraction of sp³-hybridized carbons (Fsp3) is 0.250. The number of thiocarbonyl (C=S) groups is 1. The van der Waals surface area contributed by atoms with Gasteiger partial charge in [0.05, 0.1) is 0 Å². The van der Waals surface area contributed by atoms with E-state index in [1.54, 1.807) is 0 Å². The molecule has 0 unspecified atom stereocenters. The summed E-state index contributed by atoms with van der Waals surface area (Å²) < 4.78 is 5.33. The molecule has 3 aromatic rings. The third kappa shape index (κ3) is 4.96. The molecule has 30 heavy (non-hydrogen) atoms. The van der Waals surface area contributed by atoms with E-state index in [0.717, 1.165) is 49.4 Å². The molecule has 5 nitrogen and oxygen atoms in total. The summed E-state index contributed by atoms with van der Waals surface area (Å²) in [5, 5.41) is 4.92. The molecular weight excluding hydrogens is 394 g/mol. The zero-order valence-corrected chi connectivity index (χ0v) is 17.8. The van der Waals surface area contributed by atoms with Gasteiger partial charge in [0.2, 0.25) is 0 Å². The van der Waals surface area contributed by atoms with Gasteiger partial charge in [-0.2, -0.15) is 0 Å². The lowest BCUT2D eigenvalue weighted by atomic mass is 10.1. The van der Waals surface area contributed by atoms with Gasteiger partial charge in [-0.25, -0.2) is 4.79 Å². The Labute approximate surface area is 181 Å². The van der Waals surface area contributed by atoms with Crippen LogP contribution in [0.5, 0.6) is 0 Å². The zero-order chi connectivity index (χ0) is 20.9. The summed E-state index contributed by atoms with van der Waals surface area (Å²) in [6, 6.07) is 17.6. The normalized spacial score (nSPS) is 15.0. The minimum atomic E-state index is -0.336. The van der Waals surface area contributed by atoms with Gasteiger partial charge in [0, 0.05) is 55.9 Å². The number of hydrogen-bond acceptors (Lipinski definition) is 4. The molecule has 1 aromatic heterocycles. The molecule has 2 aromatic carbocycles. The fourth-order valence-electron chi connectivity index (χ4n) is 3.64. The van der Waals surface area contributed by atoms with Crippen LogP contribution in [0, 0.1) is 6.92 Å². The third-order valence-electron chi connectivity index (χ3n) is 5.34. The van der Waals surface area contributed by atoms with Crippen molar-refractivity contribution in [2.24, 2.45) is 0 Å². The van der Waals surface area contributed by atoms with Crippen LogP contribution in [0.4, 0.5) is 5.69 Å². The summed E-state index contributed by atoms with van der Waals surface area (Å²) in [6.45, 7) is 6.54. The van der Waals surface area contributed by atoms with Crippen LogP contribution >= 0.6 is 12.2 Å². The number of rotatable bonds is 4. The van der Waals surface area contributed by atoms with Gasteiger partial charge in [0.15, 0.2) is 5.11 Å². The van der Waals surface area contributed by atoms with Crippen molar-refractivity contribution in [3.8, 4) is 0 Å².